The second kappa shape index (κ2) is 10.4. The lowest BCUT2D eigenvalue weighted by Gasteiger charge is -2.30. The van der Waals surface area contributed by atoms with Crippen LogP contribution in [0.5, 0.6) is 0 Å². The Balaban J connectivity index is 2.17. The first-order chi connectivity index (χ1) is 12.9. The van der Waals surface area contributed by atoms with Crippen LogP contribution in [0, 0.1) is 6.92 Å². The molecule has 2 amide bonds. The molecule has 1 N–H and O–H groups in total. The van der Waals surface area contributed by atoms with Gasteiger partial charge in [0, 0.05) is 23.5 Å². The molecule has 0 bridgehead atoms. The number of benzene rings is 2. The van der Waals surface area contributed by atoms with E-state index >= 15 is 0 Å². The fourth-order valence-electron chi connectivity index (χ4n) is 2.85. The van der Waals surface area contributed by atoms with Gasteiger partial charge in [0.05, 0.1) is 5.75 Å². The van der Waals surface area contributed by atoms with Crippen molar-refractivity contribution < 1.29 is 9.59 Å². The highest BCUT2D eigenvalue weighted by Gasteiger charge is 2.27. The van der Waals surface area contributed by atoms with Gasteiger partial charge in [-0.2, -0.15) is 0 Å². The number of carbonyl (C=O) groups is 2. The zero-order valence-corrected chi connectivity index (χ0v) is 17.4. The van der Waals surface area contributed by atoms with Gasteiger partial charge >= 0.3 is 0 Å². The van der Waals surface area contributed by atoms with E-state index in [2.05, 4.69) is 5.32 Å². The average Bonchev–Trinajstić information content (AvgIpc) is 2.67. The Morgan fingerprint density at radius 2 is 1.89 bits per heavy atom. The lowest BCUT2D eigenvalue weighted by Crippen LogP contribution is -2.48. The number of thioether (sulfide) groups is 1. The maximum absolute atomic E-state index is 13.0. The van der Waals surface area contributed by atoms with Gasteiger partial charge in [-0.1, -0.05) is 48.4 Å². The second-order valence-electron chi connectivity index (χ2n) is 6.29. The van der Waals surface area contributed by atoms with E-state index in [0.29, 0.717) is 18.0 Å². The molecule has 2 aromatic rings. The second-order valence-corrected chi connectivity index (χ2v) is 7.78. The molecule has 1 atom stereocenters. The topological polar surface area (TPSA) is 49.4 Å². The summed E-state index contributed by atoms with van der Waals surface area (Å²) in [4.78, 5) is 28.0. The minimum Gasteiger partial charge on any atom is -0.357 e. The molecule has 2 aromatic carbocycles. The minimum atomic E-state index is -0.492. The van der Waals surface area contributed by atoms with E-state index in [9.17, 15) is 9.59 Å². The van der Waals surface area contributed by atoms with Gasteiger partial charge in [-0.25, -0.2) is 0 Å². The third kappa shape index (κ3) is 6.29. The van der Waals surface area contributed by atoms with Crippen molar-refractivity contribution in [3.8, 4) is 0 Å². The fraction of sp³-hybridized carbons (Fsp3) is 0.333. The van der Waals surface area contributed by atoms with Crippen molar-refractivity contribution in [3.05, 3.63) is 64.7 Å². The van der Waals surface area contributed by atoms with Crippen molar-refractivity contribution in [1.29, 1.82) is 0 Å². The highest BCUT2D eigenvalue weighted by atomic mass is 35.5. The summed E-state index contributed by atoms with van der Waals surface area (Å²) in [6.45, 7) is 4.35. The van der Waals surface area contributed by atoms with Crippen molar-refractivity contribution in [2.24, 2.45) is 0 Å². The number of nitrogens with zero attached hydrogens (tertiary/aromatic N) is 1. The van der Waals surface area contributed by atoms with Gasteiger partial charge in [0.1, 0.15) is 6.04 Å². The number of amides is 2. The maximum Gasteiger partial charge on any atom is 0.242 e. The fourth-order valence-corrected chi connectivity index (χ4v) is 3.76. The van der Waals surface area contributed by atoms with Crippen molar-refractivity contribution in [2.45, 2.75) is 37.8 Å². The Kier molecular flexibility index (Phi) is 8.20. The Labute approximate surface area is 170 Å². The molecule has 0 aliphatic carbocycles. The molecule has 0 aromatic heterocycles. The van der Waals surface area contributed by atoms with Crippen molar-refractivity contribution in [2.75, 3.05) is 12.8 Å². The van der Waals surface area contributed by atoms with E-state index in [1.54, 1.807) is 24.1 Å². The molecule has 2 rings (SSSR count). The summed E-state index contributed by atoms with van der Waals surface area (Å²) < 4.78 is 0. The van der Waals surface area contributed by atoms with Crippen LogP contribution in [0.2, 0.25) is 5.02 Å². The summed E-state index contributed by atoms with van der Waals surface area (Å²) in [5.74, 6) is 0.0583. The van der Waals surface area contributed by atoms with Crippen LogP contribution in [0.1, 0.15) is 24.5 Å². The van der Waals surface area contributed by atoms with Crippen LogP contribution in [-0.2, 0) is 16.1 Å². The Bertz CT molecular complexity index is 780. The third-order valence-electron chi connectivity index (χ3n) is 4.24. The van der Waals surface area contributed by atoms with Crippen LogP contribution in [0.3, 0.4) is 0 Å². The maximum atomic E-state index is 13.0. The summed E-state index contributed by atoms with van der Waals surface area (Å²) in [7, 11) is 1.60. The molecule has 0 heterocycles. The van der Waals surface area contributed by atoms with Crippen LogP contribution in [0.15, 0.2) is 53.4 Å². The lowest BCUT2D eigenvalue weighted by molar-refractivity contribution is -0.139. The van der Waals surface area contributed by atoms with E-state index in [1.165, 1.54) is 11.8 Å². The van der Waals surface area contributed by atoms with E-state index in [-0.39, 0.29) is 17.6 Å². The summed E-state index contributed by atoms with van der Waals surface area (Å²) >= 11 is 7.36. The first-order valence-corrected chi connectivity index (χ1v) is 10.3. The predicted molar refractivity (Wildman–Crippen MR) is 112 cm³/mol. The molecule has 144 valence electrons. The highest BCUT2D eigenvalue weighted by molar-refractivity contribution is 8.00. The quantitative estimate of drug-likeness (QED) is 0.667. The third-order valence-corrected chi connectivity index (χ3v) is 5.49. The molecular weight excluding hydrogens is 380 g/mol. The van der Waals surface area contributed by atoms with E-state index in [4.69, 9.17) is 11.6 Å². The highest BCUT2D eigenvalue weighted by Crippen LogP contribution is 2.22. The van der Waals surface area contributed by atoms with Crippen LogP contribution >= 0.6 is 23.4 Å². The van der Waals surface area contributed by atoms with Gasteiger partial charge in [0.15, 0.2) is 0 Å². The SMILES string of the molecule is CC[C@@H](C(=O)NC)N(Cc1cccc(C)c1)C(=O)CSc1ccc(Cl)cc1. The number of aryl methyl sites for hydroxylation is 1. The summed E-state index contributed by atoms with van der Waals surface area (Å²) in [5.41, 5.74) is 2.14. The number of hydrogen-bond donors (Lipinski definition) is 1. The molecule has 0 unspecified atom stereocenters. The van der Waals surface area contributed by atoms with Crippen LogP contribution in [-0.4, -0.2) is 35.6 Å². The van der Waals surface area contributed by atoms with Crippen molar-refractivity contribution in [3.63, 3.8) is 0 Å². The largest absolute Gasteiger partial charge is 0.357 e. The molecule has 0 radical (unpaired) electrons. The summed E-state index contributed by atoms with van der Waals surface area (Å²) in [6.07, 6.45) is 0.558. The number of halogens is 1. The molecule has 0 spiro atoms. The number of nitrogens with one attached hydrogen (secondary N) is 1. The van der Waals surface area contributed by atoms with Crippen LogP contribution in [0.4, 0.5) is 0 Å². The van der Waals surface area contributed by atoms with Gasteiger partial charge in [-0.3, -0.25) is 9.59 Å². The summed E-state index contributed by atoms with van der Waals surface area (Å²) in [6, 6.07) is 14.9. The van der Waals surface area contributed by atoms with Gasteiger partial charge in [-0.05, 0) is 43.2 Å². The number of carbonyl (C=O) groups excluding carboxylic acids is 2. The smallest absolute Gasteiger partial charge is 0.242 e. The minimum absolute atomic E-state index is 0.0630. The first kappa shape index (κ1) is 21.3. The van der Waals surface area contributed by atoms with Crippen molar-refractivity contribution >= 4 is 35.2 Å². The van der Waals surface area contributed by atoms with Crippen LogP contribution in [0.25, 0.3) is 0 Å². The summed E-state index contributed by atoms with van der Waals surface area (Å²) in [5, 5.41) is 3.34. The standard InChI is InChI=1S/C21H25ClN2O2S/c1-4-19(21(26)23-3)24(13-16-7-5-6-15(2)12-16)20(25)14-27-18-10-8-17(22)9-11-18/h5-12,19H,4,13-14H2,1-3H3,(H,23,26)/t19-/m0/s1. The molecule has 0 saturated heterocycles. The molecule has 0 aliphatic heterocycles. The average molecular weight is 405 g/mol. The van der Waals surface area contributed by atoms with Gasteiger partial charge in [0.25, 0.3) is 0 Å². The van der Waals surface area contributed by atoms with E-state index in [0.717, 1.165) is 16.0 Å². The molecule has 4 nitrogen and oxygen atoms in total. The number of likely N-dealkylation sites (N-methyl/N-ethyl adjacent to an activating group) is 1. The number of hydrogen-bond acceptors (Lipinski definition) is 3. The van der Waals surface area contributed by atoms with Crippen LogP contribution < -0.4 is 5.32 Å². The Morgan fingerprint density at radius 1 is 1.19 bits per heavy atom. The first-order valence-electron chi connectivity index (χ1n) is 8.89. The zero-order chi connectivity index (χ0) is 19.8. The molecule has 6 heteroatoms. The lowest BCUT2D eigenvalue weighted by atomic mass is 10.1. The monoisotopic (exact) mass is 404 g/mol. The van der Waals surface area contributed by atoms with Gasteiger partial charge in [0.2, 0.25) is 11.8 Å². The van der Waals surface area contributed by atoms with E-state index < -0.39 is 6.04 Å². The Hall–Kier alpha value is -1.98. The molecular formula is C21H25ClN2O2S. The number of rotatable bonds is 8. The molecule has 0 saturated carbocycles. The molecule has 0 aliphatic rings. The normalized spacial score (nSPS) is 11.7. The van der Waals surface area contributed by atoms with Gasteiger partial charge in [-0.15, -0.1) is 11.8 Å². The predicted octanol–water partition coefficient (Wildman–Crippen LogP) is 4.29. The molecule has 0 fully saturated rings. The zero-order valence-electron chi connectivity index (χ0n) is 15.9. The van der Waals surface area contributed by atoms with Crippen molar-refractivity contribution in [1.82, 2.24) is 10.2 Å². The molecule has 27 heavy (non-hydrogen) atoms. The van der Waals surface area contributed by atoms with E-state index in [1.807, 2.05) is 50.2 Å². The van der Waals surface area contributed by atoms with Gasteiger partial charge < -0.3 is 10.2 Å². The Morgan fingerprint density at radius 3 is 2.48 bits per heavy atom.